The molecule has 0 aliphatic rings. The quantitative estimate of drug-likeness (QED) is 0.882. The molecule has 0 amide bonds. The Balaban J connectivity index is 2.28. The minimum atomic E-state index is -1.52. The Morgan fingerprint density at radius 3 is 2.42 bits per heavy atom. The van der Waals surface area contributed by atoms with Crippen LogP contribution in [0.3, 0.4) is 0 Å². The third-order valence-electron chi connectivity index (χ3n) is 2.51. The van der Waals surface area contributed by atoms with Gasteiger partial charge in [0.25, 0.3) is 0 Å². The SMILES string of the molecule is Nc1cc(F)ccc1S(=O)Cc1cc(F)ccc1Cl. The predicted molar refractivity (Wildman–Crippen MR) is 72.3 cm³/mol. The summed E-state index contributed by atoms with van der Waals surface area (Å²) < 4.78 is 38.1. The van der Waals surface area contributed by atoms with E-state index in [9.17, 15) is 13.0 Å². The van der Waals surface area contributed by atoms with E-state index in [2.05, 4.69) is 0 Å². The van der Waals surface area contributed by atoms with Crippen LogP contribution in [-0.4, -0.2) is 4.21 Å². The maximum Gasteiger partial charge on any atom is 0.125 e. The van der Waals surface area contributed by atoms with Crippen molar-refractivity contribution in [1.82, 2.24) is 0 Å². The molecule has 0 spiro atoms. The minimum Gasteiger partial charge on any atom is -0.398 e. The molecule has 100 valence electrons. The average Bonchev–Trinajstić information content (AvgIpc) is 2.33. The second-order valence-electron chi connectivity index (χ2n) is 3.91. The van der Waals surface area contributed by atoms with E-state index in [1.54, 1.807) is 0 Å². The van der Waals surface area contributed by atoms with E-state index in [0.717, 1.165) is 6.07 Å². The number of nitrogen functional groups attached to an aromatic ring is 1. The lowest BCUT2D eigenvalue weighted by molar-refractivity contribution is 0.626. The van der Waals surface area contributed by atoms with E-state index < -0.39 is 22.4 Å². The van der Waals surface area contributed by atoms with Gasteiger partial charge in [-0.3, -0.25) is 4.21 Å². The fourth-order valence-electron chi connectivity index (χ4n) is 1.60. The van der Waals surface area contributed by atoms with E-state index in [4.69, 9.17) is 17.3 Å². The third-order valence-corrected chi connectivity index (χ3v) is 4.32. The third kappa shape index (κ3) is 3.30. The summed E-state index contributed by atoms with van der Waals surface area (Å²) >= 11 is 5.90. The molecule has 2 aromatic carbocycles. The standard InChI is InChI=1S/C13H10ClF2NOS/c14-11-3-1-9(15)5-8(11)7-19(18)13-4-2-10(16)6-12(13)17/h1-6H,7,17H2. The molecule has 0 fully saturated rings. The van der Waals surface area contributed by atoms with Crippen LogP contribution in [0.15, 0.2) is 41.3 Å². The van der Waals surface area contributed by atoms with Gasteiger partial charge in [-0.1, -0.05) is 11.6 Å². The first-order valence-corrected chi connectivity index (χ1v) is 7.04. The molecule has 1 atom stereocenters. The van der Waals surface area contributed by atoms with Gasteiger partial charge in [0, 0.05) is 5.02 Å². The second kappa shape index (κ2) is 5.67. The first-order valence-electron chi connectivity index (χ1n) is 5.34. The summed E-state index contributed by atoms with van der Waals surface area (Å²) in [5.74, 6) is -0.933. The largest absolute Gasteiger partial charge is 0.398 e. The number of hydrogen-bond acceptors (Lipinski definition) is 2. The van der Waals surface area contributed by atoms with Gasteiger partial charge in [-0.05, 0) is 42.0 Å². The molecule has 1 unspecified atom stereocenters. The van der Waals surface area contributed by atoms with Crippen LogP contribution in [0.2, 0.25) is 5.02 Å². The van der Waals surface area contributed by atoms with Gasteiger partial charge in [0.2, 0.25) is 0 Å². The second-order valence-corrected chi connectivity index (χ2v) is 5.73. The Bertz CT molecular complexity index is 649. The lowest BCUT2D eigenvalue weighted by Crippen LogP contribution is -2.02. The summed E-state index contributed by atoms with van der Waals surface area (Å²) in [6, 6.07) is 7.48. The molecule has 0 aliphatic carbocycles. The summed E-state index contributed by atoms with van der Waals surface area (Å²) in [5, 5.41) is 0.329. The number of nitrogens with two attached hydrogens (primary N) is 1. The lowest BCUT2D eigenvalue weighted by Gasteiger charge is -2.07. The van der Waals surface area contributed by atoms with Crippen molar-refractivity contribution >= 4 is 28.1 Å². The highest BCUT2D eigenvalue weighted by Gasteiger charge is 2.12. The van der Waals surface area contributed by atoms with E-state index in [1.807, 2.05) is 0 Å². The van der Waals surface area contributed by atoms with Crippen LogP contribution in [0.1, 0.15) is 5.56 Å². The number of hydrogen-bond donors (Lipinski definition) is 1. The van der Waals surface area contributed by atoms with Crippen molar-refractivity contribution in [3.63, 3.8) is 0 Å². The van der Waals surface area contributed by atoms with Gasteiger partial charge in [0.15, 0.2) is 0 Å². The van der Waals surface area contributed by atoms with Gasteiger partial charge >= 0.3 is 0 Å². The molecule has 2 N–H and O–H groups in total. The number of rotatable bonds is 3. The van der Waals surface area contributed by atoms with Gasteiger partial charge in [-0.15, -0.1) is 0 Å². The van der Waals surface area contributed by atoms with Gasteiger partial charge in [-0.2, -0.15) is 0 Å². The average molecular weight is 302 g/mol. The zero-order valence-electron chi connectivity index (χ0n) is 9.70. The smallest absolute Gasteiger partial charge is 0.125 e. The normalized spacial score (nSPS) is 12.4. The van der Waals surface area contributed by atoms with Crippen molar-refractivity contribution < 1.29 is 13.0 Å². The Morgan fingerprint density at radius 2 is 1.74 bits per heavy atom. The van der Waals surface area contributed by atoms with E-state index >= 15 is 0 Å². The number of anilines is 1. The molecule has 0 saturated carbocycles. The number of benzene rings is 2. The van der Waals surface area contributed by atoms with E-state index in [1.165, 1.54) is 30.3 Å². The molecule has 0 heterocycles. The summed E-state index contributed by atoms with van der Waals surface area (Å²) in [4.78, 5) is 0.307. The molecule has 0 radical (unpaired) electrons. The highest BCUT2D eigenvalue weighted by atomic mass is 35.5. The molecule has 0 saturated heterocycles. The molecule has 2 rings (SSSR count). The molecule has 2 aromatic rings. The zero-order chi connectivity index (χ0) is 14.0. The molecular weight excluding hydrogens is 292 g/mol. The van der Waals surface area contributed by atoms with E-state index in [0.29, 0.717) is 15.5 Å². The Morgan fingerprint density at radius 1 is 1.11 bits per heavy atom. The molecule has 2 nitrogen and oxygen atoms in total. The Hall–Kier alpha value is -1.46. The van der Waals surface area contributed by atoms with Gasteiger partial charge in [0.1, 0.15) is 11.6 Å². The van der Waals surface area contributed by atoms with Crippen LogP contribution in [0, 0.1) is 11.6 Å². The van der Waals surface area contributed by atoms with Gasteiger partial charge in [-0.25, -0.2) is 8.78 Å². The van der Waals surface area contributed by atoms with Gasteiger partial charge in [0.05, 0.1) is 27.1 Å². The summed E-state index contributed by atoms with van der Waals surface area (Å²) in [7, 11) is -1.52. The predicted octanol–water partition coefficient (Wildman–Crippen LogP) is 3.51. The monoisotopic (exact) mass is 301 g/mol. The van der Waals surface area contributed by atoms with Crippen molar-refractivity contribution in [1.29, 1.82) is 0 Å². The van der Waals surface area contributed by atoms with Crippen molar-refractivity contribution in [2.75, 3.05) is 5.73 Å². The van der Waals surface area contributed by atoms with Gasteiger partial charge < -0.3 is 5.73 Å². The van der Waals surface area contributed by atoms with E-state index in [-0.39, 0.29) is 11.4 Å². The van der Waals surface area contributed by atoms with Crippen LogP contribution in [0.5, 0.6) is 0 Å². The van der Waals surface area contributed by atoms with Crippen LogP contribution in [0.25, 0.3) is 0 Å². The summed E-state index contributed by atoms with van der Waals surface area (Å²) in [6.45, 7) is 0. The van der Waals surface area contributed by atoms with Crippen LogP contribution >= 0.6 is 11.6 Å². The highest BCUT2D eigenvalue weighted by molar-refractivity contribution is 7.84. The minimum absolute atomic E-state index is 0.0203. The van der Waals surface area contributed by atoms with Crippen LogP contribution < -0.4 is 5.73 Å². The first-order chi connectivity index (χ1) is 8.97. The molecule has 0 aromatic heterocycles. The van der Waals surface area contributed by atoms with Crippen LogP contribution in [0.4, 0.5) is 14.5 Å². The summed E-state index contributed by atoms with van der Waals surface area (Å²) in [5.41, 5.74) is 6.13. The zero-order valence-corrected chi connectivity index (χ0v) is 11.3. The topological polar surface area (TPSA) is 43.1 Å². The highest BCUT2D eigenvalue weighted by Crippen LogP contribution is 2.24. The van der Waals surface area contributed by atoms with Crippen molar-refractivity contribution in [3.8, 4) is 0 Å². The van der Waals surface area contributed by atoms with Crippen molar-refractivity contribution in [3.05, 3.63) is 58.6 Å². The lowest BCUT2D eigenvalue weighted by atomic mass is 10.2. The molecule has 19 heavy (non-hydrogen) atoms. The molecular formula is C13H10ClF2NOS. The summed E-state index contributed by atoms with van der Waals surface area (Å²) in [6.07, 6.45) is 0. The first kappa shape index (κ1) is 14.0. The van der Waals surface area contributed by atoms with Crippen molar-refractivity contribution in [2.24, 2.45) is 0 Å². The fraction of sp³-hybridized carbons (Fsp3) is 0.0769. The van der Waals surface area contributed by atoms with Crippen LogP contribution in [-0.2, 0) is 16.6 Å². The maximum atomic E-state index is 13.1. The Kier molecular flexibility index (Phi) is 4.17. The molecule has 6 heteroatoms. The Labute approximate surface area is 116 Å². The number of halogens is 3. The molecule has 0 bridgehead atoms. The molecule has 0 aliphatic heterocycles. The fourth-order valence-corrected chi connectivity index (χ4v) is 3.08. The maximum absolute atomic E-state index is 13.1. The van der Waals surface area contributed by atoms with Crippen molar-refractivity contribution in [2.45, 2.75) is 10.6 Å².